The van der Waals surface area contributed by atoms with Crippen molar-refractivity contribution in [2.45, 2.75) is 6.61 Å². The Morgan fingerprint density at radius 2 is 2.00 bits per heavy atom. The first-order chi connectivity index (χ1) is 12.5. The van der Waals surface area contributed by atoms with Gasteiger partial charge < -0.3 is 15.2 Å². The standard InChI is InChI=1S/C18H15N3O5/c1-25-16-4-2-3-13(9-14(10-19)18(20)22)17(16)26-11-12-5-7-15(8-6-12)21(23)24/h2-9H,11H2,1H3,(H2,20,22)/b14-9-. The maximum Gasteiger partial charge on any atom is 0.269 e. The Morgan fingerprint density at radius 3 is 2.54 bits per heavy atom. The van der Waals surface area contributed by atoms with Crippen LogP contribution in [0.25, 0.3) is 6.08 Å². The first-order valence-corrected chi connectivity index (χ1v) is 7.41. The van der Waals surface area contributed by atoms with Crippen LogP contribution >= 0.6 is 0 Å². The van der Waals surface area contributed by atoms with Gasteiger partial charge in [-0.15, -0.1) is 0 Å². The maximum absolute atomic E-state index is 11.3. The van der Waals surface area contributed by atoms with Crippen LogP contribution in [0.4, 0.5) is 5.69 Å². The highest BCUT2D eigenvalue weighted by atomic mass is 16.6. The molecular formula is C18H15N3O5. The molecule has 0 bridgehead atoms. The number of nitriles is 1. The number of methoxy groups -OCH3 is 1. The van der Waals surface area contributed by atoms with Gasteiger partial charge in [0.15, 0.2) is 11.5 Å². The summed E-state index contributed by atoms with van der Waals surface area (Å²) in [5.41, 5.74) is 6.07. The lowest BCUT2D eigenvalue weighted by molar-refractivity contribution is -0.384. The molecule has 0 heterocycles. The molecule has 2 N–H and O–H groups in total. The number of non-ortho nitro benzene ring substituents is 1. The number of amides is 1. The zero-order valence-corrected chi connectivity index (χ0v) is 13.8. The van der Waals surface area contributed by atoms with Gasteiger partial charge in [0, 0.05) is 17.7 Å². The molecule has 0 saturated heterocycles. The van der Waals surface area contributed by atoms with E-state index in [9.17, 15) is 14.9 Å². The third-order valence-electron chi connectivity index (χ3n) is 3.45. The number of nitro groups is 1. The smallest absolute Gasteiger partial charge is 0.269 e. The van der Waals surface area contributed by atoms with Crippen molar-refractivity contribution in [3.63, 3.8) is 0 Å². The molecule has 0 unspecified atom stereocenters. The van der Waals surface area contributed by atoms with E-state index in [1.807, 2.05) is 0 Å². The first-order valence-electron chi connectivity index (χ1n) is 7.41. The molecule has 0 fully saturated rings. The number of hydrogen-bond donors (Lipinski definition) is 1. The fraction of sp³-hybridized carbons (Fsp3) is 0.111. The summed E-state index contributed by atoms with van der Waals surface area (Å²) in [6.07, 6.45) is 1.32. The minimum Gasteiger partial charge on any atom is -0.493 e. The molecule has 0 aliphatic carbocycles. The number of carbonyl (C=O) groups excluding carboxylic acids is 1. The minimum atomic E-state index is -0.850. The fourth-order valence-electron chi connectivity index (χ4n) is 2.15. The second-order valence-corrected chi connectivity index (χ2v) is 5.12. The molecule has 0 spiro atoms. The average molecular weight is 353 g/mol. The van der Waals surface area contributed by atoms with E-state index in [4.69, 9.17) is 20.5 Å². The Balaban J connectivity index is 2.31. The van der Waals surface area contributed by atoms with E-state index in [2.05, 4.69) is 0 Å². The second-order valence-electron chi connectivity index (χ2n) is 5.12. The molecule has 1 amide bonds. The summed E-state index contributed by atoms with van der Waals surface area (Å²) in [7, 11) is 1.46. The lowest BCUT2D eigenvalue weighted by atomic mass is 10.1. The number of benzene rings is 2. The summed E-state index contributed by atoms with van der Waals surface area (Å²) in [4.78, 5) is 21.5. The highest BCUT2D eigenvalue weighted by molar-refractivity contribution is 6.01. The quantitative estimate of drug-likeness (QED) is 0.352. The fourth-order valence-corrected chi connectivity index (χ4v) is 2.15. The molecule has 2 aromatic carbocycles. The molecule has 8 nitrogen and oxygen atoms in total. The summed E-state index contributed by atoms with van der Waals surface area (Å²) in [6.45, 7) is 0.109. The summed E-state index contributed by atoms with van der Waals surface area (Å²) in [5.74, 6) is -0.124. The number of carbonyl (C=O) groups is 1. The van der Waals surface area contributed by atoms with E-state index in [0.29, 0.717) is 22.6 Å². The van der Waals surface area contributed by atoms with Gasteiger partial charge in [-0.1, -0.05) is 12.1 Å². The van der Waals surface area contributed by atoms with Gasteiger partial charge in [-0.2, -0.15) is 5.26 Å². The van der Waals surface area contributed by atoms with Gasteiger partial charge in [0.1, 0.15) is 18.2 Å². The van der Waals surface area contributed by atoms with E-state index in [1.54, 1.807) is 36.4 Å². The van der Waals surface area contributed by atoms with Crippen LogP contribution in [0.3, 0.4) is 0 Å². The molecule has 26 heavy (non-hydrogen) atoms. The Labute approximate surface area is 149 Å². The number of ether oxygens (including phenoxy) is 2. The van der Waals surface area contributed by atoms with Crippen molar-refractivity contribution in [1.29, 1.82) is 5.26 Å². The third-order valence-corrected chi connectivity index (χ3v) is 3.45. The van der Waals surface area contributed by atoms with Crippen LogP contribution in [0.1, 0.15) is 11.1 Å². The normalized spacial score (nSPS) is 10.7. The van der Waals surface area contributed by atoms with Crippen molar-refractivity contribution < 1.29 is 19.2 Å². The van der Waals surface area contributed by atoms with Crippen molar-refractivity contribution in [3.05, 3.63) is 69.3 Å². The molecular weight excluding hydrogens is 338 g/mol. The van der Waals surface area contributed by atoms with Gasteiger partial charge in [0.05, 0.1) is 12.0 Å². The van der Waals surface area contributed by atoms with Crippen molar-refractivity contribution in [1.82, 2.24) is 0 Å². The number of rotatable bonds is 7. The molecule has 0 aliphatic heterocycles. The zero-order valence-electron chi connectivity index (χ0n) is 13.8. The van der Waals surface area contributed by atoms with Crippen LogP contribution in [0.15, 0.2) is 48.0 Å². The first kappa shape index (κ1) is 18.5. The van der Waals surface area contributed by atoms with Crippen LogP contribution in [0.5, 0.6) is 11.5 Å². The topological polar surface area (TPSA) is 128 Å². The van der Waals surface area contributed by atoms with Crippen LogP contribution in [-0.2, 0) is 11.4 Å². The van der Waals surface area contributed by atoms with Gasteiger partial charge >= 0.3 is 0 Å². The summed E-state index contributed by atoms with van der Waals surface area (Å²) in [5, 5.41) is 19.7. The predicted molar refractivity (Wildman–Crippen MR) is 93.2 cm³/mol. The molecule has 8 heteroatoms. The van der Waals surface area contributed by atoms with E-state index in [1.165, 1.54) is 25.3 Å². The van der Waals surface area contributed by atoms with E-state index in [0.717, 1.165) is 0 Å². The Morgan fingerprint density at radius 1 is 1.31 bits per heavy atom. The lowest BCUT2D eigenvalue weighted by Gasteiger charge is -2.13. The molecule has 132 valence electrons. The van der Waals surface area contributed by atoms with Crippen molar-refractivity contribution >= 4 is 17.7 Å². The van der Waals surface area contributed by atoms with Crippen LogP contribution in [0, 0.1) is 21.4 Å². The SMILES string of the molecule is COc1cccc(/C=C(/C#N)C(N)=O)c1OCc1ccc([N+](=O)[O-])cc1. The van der Waals surface area contributed by atoms with Gasteiger partial charge in [-0.25, -0.2) is 0 Å². The van der Waals surface area contributed by atoms with Crippen molar-refractivity contribution in [2.75, 3.05) is 7.11 Å². The molecule has 0 radical (unpaired) electrons. The molecule has 0 aliphatic rings. The average Bonchev–Trinajstić information content (AvgIpc) is 2.64. The van der Waals surface area contributed by atoms with Crippen molar-refractivity contribution in [2.24, 2.45) is 5.73 Å². The maximum atomic E-state index is 11.3. The number of nitro benzene ring substituents is 1. The highest BCUT2D eigenvalue weighted by Gasteiger charge is 2.13. The molecule has 0 saturated carbocycles. The largest absolute Gasteiger partial charge is 0.493 e. The molecule has 2 rings (SSSR count). The van der Waals surface area contributed by atoms with Gasteiger partial charge in [-0.05, 0) is 29.8 Å². The lowest BCUT2D eigenvalue weighted by Crippen LogP contribution is -2.12. The number of nitrogens with zero attached hydrogens (tertiary/aromatic N) is 2. The monoisotopic (exact) mass is 353 g/mol. The highest BCUT2D eigenvalue weighted by Crippen LogP contribution is 2.33. The number of nitrogens with two attached hydrogens (primary N) is 1. The van der Waals surface area contributed by atoms with E-state index in [-0.39, 0.29) is 17.9 Å². The second kappa shape index (κ2) is 8.30. The number of para-hydroxylation sites is 1. The van der Waals surface area contributed by atoms with Gasteiger partial charge in [0.25, 0.3) is 11.6 Å². The van der Waals surface area contributed by atoms with Crippen molar-refractivity contribution in [3.8, 4) is 17.6 Å². The molecule has 0 atom stereocenters. The number of hydrogen-bond acceptors (Lipinski definition) is 6. The number of primary amides is 1. The Bertz CT molecular complexity index is 898. The van der Waals surface area contributed by atoms with E-state index >= 15 is 0 Å². The Hall–Kier alpha value is -3.86. The van der Waals surface area contributed by atoms with Crippen LogP contribution < -0.4 is 15.2 Å². The third kappa shape index (κ3) is 4.36. The Kier molecular flexibility index (Phi) is 5.90. The van der Waals surface area contributed by atoms with Gasteiger partial charge in [-0.3, -0.25) is 14.9 Å². The predicted octanol–water partition coefficient (Wildman–Crippen LogP) is 2.57. The van der Waals surface area contributed by atoms with Gasteiger partial charge in [0.2, 0.25) is 0 Å². The van der Waals surface area contributed by atoms with Crippen LogP contribution in [0.2, 0.25) is 0 Å². The van der Waals surface area contributed by atoms with E-state index < -0.39 is 10.8 Å². The van der Waals surface area contributed by atoms with Crippen LogP contribution in [-0.4, -0.2) is 17.9 Å². The molecule has 2 aromatic rings. The molecule has 0 aromatic heterocycles. The summed E-state index contributed by atoms with van der Waals surface area (Å²) in [6, 6.07) is 12.6. The zero-order chi connectivity index (χ0) is 19.1. The minimum absolute atomic E-state index is 0.0187. The summed E-state index contributed by atoms with van der Waals surface area (Å²) < 4.78 is 11.0. The summed E-state index contributed by atoms with van der Waals surface area (Å²) >= 11 is 0.